The summed E-state index contributed by atoms with van der Waals surface area (Å²) in [4.78, 5) is 13.9. The molecule has 0 amide bonds. The van der Waals surface area contributed by atoms with Gasteiger partial charge in [0, 0.05) is 5.92 Å². The molecule has 5 nitrogen and oxygen atoms in total. The lowest BCUT2D eigenvalue weighted by Crippen LogP contribution is -2.47. The molecule has 5 aliphatic rings. The topological polar surface area (TPSA) is 73.0 Å². The van der Waals surface area contributed by atoms with Gasteiger partial charge in [-0.1, -0.05) is 41.5 Å². The number of hydrogen-bond acceptors (Lipinski definition) is 5. The molecular weight excluding hydrogens is 452 g/mol. The van der Waals surface area contributed by atoms with E-state index in [-0.39, 0.29) is 56.9 Å². The van der Waals surface area contributed by atoms with Crippen LogP contribution in [0.15, 0.2) is 0 Å². The molecule has 2 aliphatic heterocycles. The molecule has 8 atom stereocenters. The van der Waals surface area contributed by atoms with E-state index in [4.69, 9.17) is 9.16 Å². The number of rotatable bonds is 5. The second-order valence-corrected chi connectivity index (χ2v) is 21.3. The van der Waals surface area contributed by atoms with E-state index in [1.807, 2.05) is 0 Å². The van der Waals surface area contributed by atoms with Crippen LogP contribution in [0.25, 0.3) is 0 Å². The number of ether oxygens (including phenoxy) is 1. The Morgan fingerprint density at radius 1 is 1.18 bits per heavy atom. The fourth-order valence-electron chi connectivity index (χ4n) is 8.14. The van der Waals surface area contributed by atoms with Crippen LogP contribution in [0, 0.1) is 34.5 Å². The zero-order chi connectivity index (χ0) is 24.4. The number of carbonyl (C=O) groups excluding carboxylic acids is 1. The Morgan fingerprint density at radius 2 is 1.85 bits per heavy atom. The summed E-state index contributed by atoms with van der Waals surface area (Å²) >= 11 is 0. The predicted octanol–water partition coefficient (Wildman–Crippen LogP) is 5.00. The minimum absolute atomic E-state index is 0.00198. The van der Waals surface area contributed by atoms with Crippen molar-refractivity contribution in [2.75, 3.05) is 12.4 Å². The third kappa shape index (κ3) is 3.27. The van der Waals surface area contributed by atoms with Crippen LogP contribution in [0.2, 0.25) is 18.1 Å². The largest absolute Gasteiger partial charge is 0.414 e. The standard InChI is InChI=1S/C26H44O5SSi/c1-16-13-26(14-30-33(7,8)23(2,3)4)20(31-26)12-18(16)21(27)22-19-11-17-9-10-25(19,24(17,5)6)15-32(22,28)29/h16-20,22H,9-15H2,1-8H3/t16-,17+,18-,19-,20+,22+,25-,26+/m0/s1. The molecule has 0 radical (unpaired) electrons. The average molecular weight is 497 g/mol. The van der Waals surface area contributed by atoms with Gasteiger partial charge in [-0.25, -0.2) is 8.42 Å². The lowest BCUT2D eigenvalue weighted by atomic mass is 9.64. The molecule has 3 aliphatic carbocycles. The smallest absolute Gasteiger partial charge is 0.192 e. The van der Waals surface area contributed by atoms with E-state index in [1.165, 1.54) is 0 Å². The Balaban J connectivity index is 1.31. The first-order valence-electron chi connectivity index (χ1n) is 13.0. The van der Waals surface area contributed by atoms with Gasteiger partial charge in [0.25, 0.3) is 0 Å². The van der Waals surface area contributed by atoms with Crippen LogP contribution in [0.5, 0.6) is 0 Å². The highest BCUT2D eigenvalue weighted by Crippen LogP contribution is 2.73. The summed E-state index contributed by atoms with van der Waals surface area (Å²) in [6, 6.07) is 0. The molecule has 0 unspecified atom stereocenters. The van der Waals surface area contributed by atoms with Gasteiger partial charge in [0.1, 0.15) is 10.9 Å². The SMILES string of the molecule is C[C@H]1C[C@]2(CO[Si](C)(C)C(C)(C)C)O[C@@H]2C[C@@H]1C(=O)[C@H]1[C@@H]2C[C@H]3CC[C@@]2(CS1(=O)=O)C3(C)C. The number of carbonyl (C=O) groups is 1. The van der Waals surface area contributed by atoms with Gasteiger partial charge in [-0.15, -0.1) is 0 Å². The van der Waals surface area contributed by atoms with E-state index in [1.54, 1.807) is 0 Å². The number of hydrogen-bond donors (Lipinski definition) is 0. The first-order chi connectivity index (χ1) is 15.0. The third-order valence-corrected chi connectivity index (χ3v) is 18.3. The number of Topliss-reactive ketones (excluding diaryl/α,β-unsaturated/α-hetero) is 1. The van der Waals surface area contributed by atoms with Crippen LogP contribution in [-0.2, 0) is 23.8 Å². The highest BCUT2D eigenvalue weighted by atomic mass is 32.2. The molecule has 0 aromatic heterocycles. The molecule has 1 spiro atoms. The number of epoxide rings is 1. The van der Waals surface area contributed by atoms with Gasteiger partial charge >= 0.3 is 0 Å². The average Bonchev–Trinajstić information content (AvgIpc) is 3.17. The summed E-state index contributed by atoms with van der Waals surface area (Å²) in [7, 11) is -5.28. The van der Waals surface area contributed by atoms with Gasteiger partial charge in [-0.3, -0.25) is 4.79 Å². The van der Waals surface area contributed by atoms with Gasteiger partial charge in [-0.2, -0.15) is 0 Å². The second-order valence-electron chi connectivity index (χ2n) is 14.3. The number of sulfone groups is 1. The van der Waals surface area contributed by atoms with Crippen molar-refractivity contribution in [3.05, 3.63) is 0 Å². The summed E-state index contributed by atoms with van der Waals surface area (Å²) in [5.41, 5.74) is -0.435. The molecule has 0 N–H and O–H groups in total. The van der Waals surface area contributed by atoms with E-state index in [2.05, 4.69) is 54.6 Å². The maximum atomic E-state index is 13.9. The summed E-state index contributed by atoms with van der Waals surface area (Å²) in [5.74, 6) is 0.708. The number of fused-ring (bicyclic) bond motifs is 2. The fourth-order valence-corrected chi connectivity index (χ4v) is 12.2. The van der Waals surface area contributed by atoms with Gasteiger partial charge in [0.05, 0.1) is 18.5 Å². The quantitative estimate of drug-likeness (QED) is 0.396. The van der Waals surface area contributed by atoms with Crippen LogP contribution in [-0.4, -0.2) is 51.8 Å². The number of ketones is 1. The van der Waals surface area contributed by atoms with Crippen molar-refractivity contribution in [3.8, 4) is 0 Å². The molecule has 7 heteroatoms. The van der Waals surface area contributed by atoms with Crippen LogP contribution in [0.3, 0.4) is 0 Å². The molecule has 188 valence electrons. The van der Waals surface area contributed by atoms with E-state index < -0.39 is 23.4 Å². The summed E-state index contributed by atoms with van der Waals surface area (Å²) in [5, 5.41) is -0.641. The van der Waals surface area contributed by atoms with E-state index in [9.17, 15) is 13.2 Å². The third-order valence-electron chi connectivity index (χ3n) is 11.6. The monoisotopic (exact) mass is 496 g/mol. The maximum absolute atomic E-state index is 13.9. The first-order valence-corrected chi connectivity index (χ1v) is 17.7. The first kappa shape index (κ1) is 24.5. The molecule has 2 heterocycles. The Morgan fingerprint density at radius 3 is 2.45 bits per heavy atom. The molecule has 0 aromatic rings. The van der Waals surface area contributed by atoms with E-state index in [0.717, 1.165) is 25.7 Å². The molecule has 3 saturated carbocycles. The lowest BCUT2D eigenvalue weighted by molar-refractivity contribution is -0.126. The van der Waals surface area contributed by atoms with Gasteiger partial charge in [0.2, 0.25) is 0 Å². The van der Waals surface area contributed by atoms with Crippen molar-refractivity contribution in [2.24, 2.45) is 34.5 Å². The molecule has 2 saturated heterocycles. The summed E-state index contributed by atoms with van der Waals surface area (Å²) in [6.07, 6.45) is 4.47. The van der Waals surface area contributed by atoms with Crippen molar-refractivity contribution in [1.82, 2.24) is 0 Å². The van der Waals surface area contributed by atoms with Crippen molar-refractivity contribution in [3.63, 3.8) is 0 Å². The van der Waals surface area contributed by atoms with Crippen molar-refractivity contribution in [2.45, 2.75) is 109 Å². The Hall–Kier alpha value is -0.243. The normalized spacial score (nSPS) is 47.3. The van der Waals surface area contributed by atoms with Crippen LogP contribution in [0.4, 0.5) is 0 Å². The van der Waals surface area contributed by atoms with Gasteiger partial charge < -0.3 is 9.16 Å². The van der Waals surface area contributed by atoms with Crippen molar-refractivity contribution < 1.29 is 22.4 Å². The molecule has 2 bridgehead atoms. The molecule has 0 aromatic carbocycles. The van der Waals surface area contributed by atoms with Gasteiger partial charge in [-0.05, 0) is 78.8 Å². The summed E-state index contributed by atoms with van der Waals surface area (Å²) in [6.45, 7) is 18.5. The Kier molecular flexibility index (Phi) is 5.15. The molecule has 5 rings (SSSR count). The zero-order valence-electron chi connectivity index (χ0n) is 21.9. The zero-order valence-corrected chi connectivity index (χ0v) is 23.7. The van der Waals surface area contributed by atoms with Crippen molar-refractivity contribution in [1.29, 1.82) is 0 Å². The Bertz CT molecular complexity index is 966. The fraction of sp³-hybridized carbons (Fsp3) is 0.962. The predicted molar refractivity (Wildman–Crippen MR) is 132 cm³/mol. The molecular formula is C26H44O5SSi. The summed E-state index contributed by atoms with van der Waals surface area (Å²) < 4.78 is 39.6. The lowest BCUT2D eigenvalue weighted by Gasteiger charge is -2.39. The highest BCUT2D eigenvalue weighted by Gasteiger charge is 2.73. The van der Waals surface area contributed by atoms with E-state index >= 15 is 0 Å². The minimum atomic E-state index is -3.41. The second kappa shape index (κ2) is 6.95. The van der Waals surface area contributed by atoms with Gasteiger partial charge in [0.15, 0.2) is 23.9 Å². The van der Waals surface area contributed by atoms with Crippen LogP contribution < -0.4 is 0 Å². The Labute approximate surface area is 201 Å². The molecule has 33 heavy (non-hydrogen) atoms. The minimum Gasteiger partial charge on any atom is -0.414 e. The molecule has 5 fully saturated rings. The van der Waals surface area contributed by atoms with Crippen molar-refractivity contribution >= 4 is 23.9 Å². The maximum Gasteiger partial charge on any atom is 0.192 e. The highest BCUT2D eigenvalue weighted by molar-refractivity contribution is 7.93. The van der Waals surface area contributed by atoms with Crippen LogP contribution >= 0.6 is 0 Å². The van der Waals surface area contributed by atoms with Crippen LogP contribution in [0.1, 0.15) is 73.6 Å². The van der Waals surface area contributed by atoms with E-state index in [0.29, 0.717) is 18.9 Å².